The van der Waals surface area contributed by atoms with Gasteiger partial charge in [-0.05, 0) is 120 Å². The first kappa shape index (κ1) is 36.8. The third-order valence-corrected chi connectivity index (χ3v) is 10.9. The maximum Gasteiger partial charge on any atom is 0.346 e. The van der Waals surface area contributed by atoms with Crippen LogP contribution in [-0.4, -0.2) is 22.2 Å². The van der Waals surface area contributed by atoms with Crippen LogP contribution in [0.4, 0.5) is 34.1 Å². The Morgan fingerprint density at radius 3 is 1.05 bits per heavy atom. The summed E-state index contributed by atoms with van der Waals surface area (Å²) < 4.78 is 0. The summed E-state index contributed by atoms with van der Waals surface area (Å²) >= 11 is 2.84. The summed E-state index contributed by atoms with van der Waals surface area (Å²) in [5, 5.41) is 36.8. The zero-order chi connectivity index (χ0) is 39.0. The van der Waals surface area contributed by atoms with Crippen LogP contribution < -0.4 is 9.80 Å². The number of nitrogens with zero attached hydrogens (tertiary/aromatic N) is 4. The highest BCUT2D eigenvalue weighted by molar-refractivity contribution is 7.16. The number of carbonyl (C=O) groups is 2. The number of nitriles is 2. The van der Waals surface area contributed by atoms with E-state index in [0.717, 1.165) is 55.0 Å². The lowest BCUT2D eigenvalue weighted by Gasteiger charge is -2.28. The predicted molar refractivity (Wildman–Crippen MR) is 225 cm³/mol. The van der Waals surface area contributed by atoms with Crippen molar-refractivity contribution in [2.75, 3.05) is 9.80 Å². The molecule has 0 fully saturated rings. The number of carboxylic acid groups (broad SMARTS) is 2. The van der Waals surface area contributed by atoms with Gasteiger partial charge in [0.1, 0.15) is 23.3 Å². The molecule has 8 nitrogen and oxygen atoms in total. The monoisotopic (exact) mass is 766 g/mol. The lowest BCUT2D eigenvalue weighted by molar-refractivity contribution is -0.133. The standard InChI is InChI=1S/C46H30N4O4S2/c47-29-33(45(51)52)27-41-23-25-43(55-41)31-11-15-37(16-12-31)49(35-7-3-1-4-8-35)39-19-21-40(22-20-39)50(36-9-5-2-6-10-36)38-17-13-32(14-18-38)44-26-24-42(56-44)28-34(30-48)46(53)54/h1-28H,(H,51,52)(H,53,54)/b33-27+,34-28+. The summed E-state index contributed by atoms with van der Waals surface area (Å²) in [6.45, 7) is 0. The van der Waals surface area contributed by atoms with Crippen molar-refractivity contribution in [3.63, 3.8) is 0 Å². The van der Waals surface area contributed by atoms with Crippen LogP contribution in [0.5, 0.6) is 0 Å². The molecule has 0 amide bonds. The quantitative estimate of drug-likeness (QED) is 0.0929. The molecule has 0 radical (unpaired) electrons. The van der Waals surface area contributed by atoms with Crippen LogP contribution in [0.3, 0.4) is 0 Å². The molecule has 0 aliphatic carbocycles. The van der Waals surface area contributed by atoms with Gasteiger partial charge in [-0.1, -0.05) is 60.7 Å². The number of rotatable bonds is 12. The van der Waals surface area contributed by atoms with Gasteiger partial charge >= 0.3 is 11.9 Å². The molecule has 0 unspecified atom stereocenters. The molecule has 0 spiro atoms. The summed E-state index contributed by atoms with van der Waals surface area (Å²) in [5.41, 5.74) is 7.15. The Balaban J connectivity index is 1.18. The average Bonchev–Trinajstić information content (AvgIpc) is 3.91. The van der Waals surface area contributed by atoms with Crippen LogP contribution in [0.25, 0.3) is 33.0 Å². The highest BCUT2D eigenvalue weighted by Crippen LogP contribution is 2.41. The fourth-order valence-electron chi connectivity index (χ4n) is 6.09. The van der Waals surface area contributed by atoms with E-state index in [4.69, 9.17) is 10.5 Å². The second-order valence-electron chi connectivity index (χ2n) is 12.3. The Morgan fingerprint density at radius 2 is 0.750 bits per heavy atom. The molecule has 56 heavy (non-hydrogen) atoms. The van der Waals surface area contributed by atoms with E-state index in [0.29, 0.717) is 9.75 Å². The maximum atomic E-state index is 11.3. The Morgan fingerprint density at radius 1 is 0.446 bits per heavy atom. The first-order chi connectivity index (χ1) is 27.3. The number of anilines is 6. The molecule has 270 valence electrons. The van der Waals surface area contributed by atoms with E-state index in [1.807, 2.05) is 84.9 Å². The molecule has 0 bridgehead atoms. The van der Waals surface area contributed by atoms with Crippen LogP contribution in [-0.2, 0) is 9.59 Å². The molecule has 2 aromatic heterocycles. The molecular weight excluding hydrogens is 737 g/mol. The van der Waals surface area contributed by atoms with Crippen molar-refractivity contribution < 1.29 is 19.8 Å². The van der Waals surface area contributed by atoms with Gasteiger partial charge in [0, 0.05) is 53.6 Å². The van der Waals surface area contributed by atoms with E-state index in [2.05, 4.69) is 82.6 Å². The second kappa shape index (κ2) is 16.7. The fourth-order valence-corrected chi connectivity index (χ4v) is 8.00. The van der Waals surface area contributed by atoms with Crippen LogP contribution in [0.1, 0.15) is 9.75 Å². The van der Waals surface area contributed by atoms with Crippen molar-refractivity contribution in [3.05, 3.63) is 179 Å². The Bertz CT molecular complexity index is 2470. The van der Waals surface area contributed by atoms with Gasteiger partial charge in [-0.3, -0.25) is 0 Å². The van der Waals surface area contributed by atoms with E-state index >= 15 is 0 Å². The fraction of sp³-hybridized carbons (Fsp3) is 0. The molecule has 2 heterocycles. The molecule has 7 rings (SSSR count). The third-order valence-electron chi connectivity index (χ3n) is 8.74. The number of aliphatic carboxylic acids is 2. The van der Waals surface area contributed by atoms with Gasteiger partial charge in [-0.2, -0.15) is 10.5 Å². The topological polar surface area (TPSA) is 129 Å². The maximum absolute atomic E-state index is 11.3. The normalized spacial score (nSPS) is 11.3. The van der Waals surface area contributed by atoms with Crippen molar-refractivity contribution in [2.24, 2.45) is 0 Å². The van der Waals surface area contributed by atoms with Gasteiger partial charge < -0.3 is 20.0 Å². The van der Waals surface area contributed by atoms with Crippen molar-refractivity contribution in [2.45, 2.75) is 0 Å². The molecule has 0 aliphatic rings. The number of hydrogen-bond donors (Lipinski definition) is 2. The molecule has 0 saturated heterocycles. The van der Waals surface area contributed by atoms with E-state index in [1.165, 1.54) is 34.8 Å². The number of carboxylic acids is 2. The second-order valence-corrected chi connectivity index (χ2v) is 14.5. The minimum Gasteiger partial charge on any atom is -0.477 e. The Labute approximate surface area is 331 Å². The first-order valence-corrected chi connectivity index (χ1v) is 18.9. The zero-order valence-electron chi connectivity index (χ0n) is 29.5. The van der Waals surface area contributed by atoms with Gasteiger partial charge in [0.15, 0.2) is 0 Å². The van der Waals surface area contributed by atoms with Crippen LogP contribution in [0.2, 0.25) is 0 Å². The van der Waals surface area contributed by atoms with Crippen molar-refractivity contribution >= 4 is 80.9 Å². The highest BCUT2D eigenvalue weighted by atomic mass is 32.1. The SMILES string of the molecule is N#C/C(=C\c1ccc(-c2ccc(N(c3ccccc3)c3ccc(N(c4ccccc4)c4ccc(-c5ccc(/C=C(\C#N)C(=O)O)s5)cc4)cc3)cc2)s1)C(=O)O. The highest BCUT2D eigenvalue weighted by Gasteiger charge is 2.17. The van der Waals surface area contributed by atoms with Gasteiger partial charge in [-0.25, -0.2) is 9.59 Å². The van der Waals surface area contributed by atoms with Gasteiger partial charge in [0.2, 0.25) is 0 Å². The van der Waals surface area contributed by atoms with E-state index in [1.54, 1.807) is 12.1 Å². The molecule has 0 atom stereocenters. The molecule has 7 aromatic rings. The smallest absolute Gasteiger partial charge is 0.346 e. The molecule has 0 saturated carbocycles. The minimum atomic E-state index is -1.25. The Hall–Kier alpha value is -7.50. The van der Waals surface area contributed by atoms with Crippen LogP contribution in [0, 0.1) is 22.7 Å². The minimum absolute atomic E-state index is 0.307. The molecule has 2 N–H and O–H groups in total. The lowest BCUT2D eigenvalue weighted by atomic mass is 10.1. The summed E-state index contributed by atoms with van der Waals surface area (Å²) in [7, 11) is 0. The molecule has 0 aliphatic heterocycles. The lowest BCUT2D eigenvalue weighted by Crippen LogP contribution is -2.12. The van der Waals surface area contributed by atoms with Crippen LogP contribution in [0.15, 0.2) is 169 Å². The van der Waals surface area contributed by atoms with Crippen LogP contribution >= 0.6 is 22.7 Å². The van der Waals surface area contributed by atoms with E-state index < -0.39 is 11.9 Å². The summed E-state index contributed by atoms with van der Waals surface area (Å²) in [5.74, 6) is -2.50. The molecule has 10 heteroatoms. The first-order valence-electron chi connectivity index (χ1n) is 17.2. The summed E-state index contributed by atoms with van der Waals surface area (Å²) in [6, 6.07) is 56.0. The van der Waals surface area contributed by atoms with Gasteiger partial charge in [0.25, 0.3) is 0 Å². The average molecular weight is 767 g/mol. The third kappa shape index (κ3) is 8.18. The van der Waals surface area contributed by atoms with Crippen molar-refractivity contribution in [1.82, 2.24) is 0 Å². The summed E-state index contributed by atoms with van der Waals surface area (Å²) in [4.78, 5) is 30.3. The van der Waals surface area contributed by atoms with E-state index in [9.17, 15) is 19.8 Å². The van der Waals surface area contributed by atoms with Gasteiger partial charge in [-0.15, -0.1) is 22.7 Å². The van der Waals surface area contributed by atoms with Gasteiger partial charge in [0.05, 0.1) is 0 Å². The molecular formula is C46H30N4O4S2. The zero-order valence-corrected chi connectivity index (χ0v) is 31.1. The number of hydrogen-bond acceptors (Lipinski definition) is 8. The largest absolute Gasteiger partial charge is 0.477 e. The summed E-state index contributed by atoms with van der Waals surface area (Å²) in [6.07, 6.45) is 2.78. The van der Waals surface area contributed by atoms with Crippen molar-refractivity contribution in [3.8, 4) is 33.0 Å². The Kier molecular flexibility index (Phi) is 11.0. The number of para-hydroxylation sites is 2. The molecule has 5 aromatic carbocycles. The predicted octanol–water partition coefficient (Wildman–Crippen LogP) is 12.1. The number of benzene rings is 5. The number of thiophene rings is 2. The van der Waals surface area contributed by atoms with Crippen molar-refractivity contribution in [1.29, 1.82) is 10.5 Å². The van der Waals surface area contributed by atoms with E-state index in [-0.39, 0.29) is 11.1 Å².